The van der Waals surface area contributed by atoms with Crippen molar-refractivity contribution < 1.29 is 17.1 Å². The summed E-state index contributed by atoms with van der Waals surface area (Å²) in [7, 11) is -4.69. The molecule has 0 saturated carbocycles. The lowest BCUT2D eigenvalue weighted by Gasteiger charge is -2.19. The van der Waals surface area contributed by atoms with Crippen molar-refractivity contribution in [3.8, 4) is 0 Å². The molecule has 1 aromatic rings. The highest BCUT2D eigenvalue weighted by atomic mass is 32.3. The van der Waals surface area contributed by atoms with Gasteiger partial charge in [0.05, 0.1) is 0 Å². The van der Waals surface area contributed by atoms with Gasteiger partial charge in [-0.2, -0.15) is 8.42 Å². The van der Waals surface area contributed by atoms with Gasteiger partial charge in [-0.1, -0.05) is 6.07 Å². The average Bonchev–Trinajstić information content (AvgIpc) is 2.64. The number of anilines is 2. The minimum atomic E-state index is -4.69. The van der Waals surface area contributed by atoms with Crippen molar-refractivity contribution in [3.05, 3.63) is 23.8 Å². The van der Waals surface area contributed by atoms with E-state index in [2.05, 4.69) is 0 Å². The first-order chi connectivity index (χ1) is 8.29. The molecule has 1 unspecified atom stereocenters. The molecule has 98 valence electrons. The topological polar surface area (TPSA) is 80.5 Å². The van der Waals surface area contributed by atoms with Crippen LogP contribution in [0.1, 0.15) is 12.0 Å². The quantitative estimate of drug-likeness (QED) is 0.643. The van der Waals surface area contributed by atoms with Crippen LogP contribution in [-0.4, -0.2) is 26.1 Å². The van der Waals surface area contributed by atoms with Gasteiger partial charge < -0.3 is 10.6 Å². The minimum Gasteiger partial charge on any atom is -0.399 e. The number of rotatable bonds is 2. The first kappa shape index (κ1) is 12.8. The third kappa shape index (κ3) is 2.31. The third-order valence-corrected chi connectivity index (χ3v) is 4.12. The summed E-state index contributed by atoms with van der Waals surface area (Å²) in [6.45, 7) is 1.61. The van der Waals surface area contributed by atoms with Gasteiger partial charge in [-0.15, -0.1) is 3.89 Å². The Hall–Kier alpha value is -1.63. The fraction of sp³-hybridized carbons (Fsp3) is 0.364. The van der Waals surface area contributed by atoms with E-state index in [1.165, 1.54) is 4.90 Å². The van der Waals surface area contributed by atoms with Gasteiger partial charge in [-0.05, 0) is 24.6 Å². The summed E-state index contributed by atoms with van der Waals surface area (Å²) in [5, 5.41) is -1.29. The summed E-state index contributed by atoms with van der Waals surface area (Å²) >= 11 is 0. The molecule has 1 amide bonds. The maximum absolute atomic E-state index is 12.9. The summed E-state index contributed by atoms with van der Waals surface area (Å²) in [4.78, 5) is 13.0. The van der Waals surface area contributed by atoms with E-state index in [0.717, 1.165) is 5.56 Å². The van der Waals surface area contributed by atoms with Crippen molar-refractivity contribution in [2.45, 2.75) is 18.6 Å². The van der Waals surface area contributed by atoms with Gasteiger partial charge in [-0.25, -0.2) is 0 Å². The molecule has 2 rings (SSSR count). The van der Waals surface area contributed by atoms with E-state index in [1.807, 2.05) is 0 Å². The molecule has 7 heteroatoms. The molecule has 1 fully saturated rings. The van der Waals surface area contributed by atoms with Gasteiger partial charge in [0.15, 0.2) is 0 Å². The predicted octanol–water partition coefficient (Wildman–Crippen LogP) is 0.982. The number of nitrogen functional groups attached to an aromatic ring is 1. The average molecular weight is 272 g/mol. The lowest BCUT2D eigenvalue weighted by Crippen LogP contribution is -2.27. The van der Waals surface area contributed by atoms with Crippen LogP contribution in [0.3, 0.4) is 0 Å². The molecule has 5 nitrogen and oxygen atoms in total. The Morgan fingerprint density at radius 2 is 2.11 bits per heavy atom. The molecular weight excluding hydrogens is 259 g/mol. The molecule has 1 aliphatic rings. The summed E-state index contributed by atoms with van der Waals surface area (Å²) in [6.07, 6.45) is -0.326. The predicted molar refractivity (Wildman–Crippen MR) is 66.4 cm³/mol. The summed E-state index contributed by atoms with van der Waals surface area (Å²) < 4.78 is 34.6. The molecule has 1 saturated heterocycles. The zero-order chi connectivity index (χ0) is 13.5. The Balaban J connectivity index is 2.35. The molecule has 0 aromatic heterocycles. The zero-order valence-electron chi connectivity index (χ0n) is 9.76. The van der Waals surface area contributed by atoms with Crippen molar-refractivity contribution in [1.29, 1.82) is 0 Å². The van der Waals surface area contributed by atoms with Crippen LogP contribution >= 0.6 is 0 Å². The Kier molecular flexibility index (Phi) is 3.02. The molecular formula is C11H13FN2O3S. The van der Waals surface area contributed by atoms with Crippen LogP contribution in [0.5, 0.6) is 0 Å². The Labute approximate surface area is 105 Å². The number of hydrogen-bond acceptors (Lipinski definition) is 4. The van der Waals surface area contributed by atoms with Crippen LogP contribution in [0.25, 0.3) is 0 Å². The molecule has 1 aliphatic heterocycles. The number of halogens is 1. The van der Waals surface area contributed by atoms with E-state index in [1.54, 1.807) is 25.1 Å². The number of nitrogens with zero attached hydrogens (tertiary/aromatic N) is 1. The van der Waals surface area contributed by atoms with Crippen LogP contribution in [0.4, 0.5) is 15.3 Å². The van der Waals surface area contributed by atoms with E-state index in [9.17, 15) is 17.1 Å². The standard InChI is InChI=1S/C11H13FN2O3S/c1-7-2-3-8(13)4-10(7)14-6-9(5-11(14)15)18(12,16)17/h2-4,9H,5-6,13H2,1H3. The fourth-order valence-electron chi connectivity index (χ4n) is 2.01. The smallest absolute Gasteiger partial charge is 0.307 e. The number of hydrogen-bond donors (Lipinski definition) is 1. The first-order valence-corrected chi connectivity index (χ1v) is 6.83. The van der Waals surface area contributed by atoms with Gasteiger partial charge in [0.1, 0.15) is 5.25 Å². The molecule has 0 spiro atoms. The van der Waals surface area contributed by atoms with Crippen LogP contribution in [0.2, 0.25) is 0 Å². The minimum absolute atomic E-state index is 0.165. The zero-order valence-corrected chi connectivity index (χ0v) is 10.6. The maximum Gasteiger partial charge on any atom is 0.307 e. The van der Waals surface area contributed by atoms with E-state index in [-0.39, 0.29) is 13.0 Å². The van der Waals surface area contributed by atoms with Gasteiger partial charge in [0.2, 0.25) is 5.91 Å². The van der Waals surface area contributed by atoms with E-state index < -0.39 is 21.4 Å². The monoisotopic (exact) mass is 272 g/mol. The highest BCUT2D eigenvalue weighted by Gasteiger charge is 2.39. The Morgan fingerprint density at radius 1 is 1.44 bits per heavy atom. The summed E-state index contributed by atoms with van der Waals surface area (Å²) in [5.74, 6) is -0.407. The number of carbonyl (C=O) groups excluding carboxylic acids is 1. The van der Waals surface area contributed by atoms with Crippen molar-refractivity contribution in [2.75, 3.05) is 17.2 Å². The number of aryl methyl sites for hydroxylation is 1. The van der Waals surface area contributed by atoms with Crippen LogP contribution in [0.15, 0.2) is 18.2 Å². The number of carbonyl (C=O) groups is 1. The second-order valence-electron chi connectivity index (χ2n) is 4.35. The number of amides is 1. The van der Waals surface area contributed by atoms with Crippen molar-refractivity contribution >= 4 is 27.5 Å². The van der Waals surface area contributed by atoms with Crippen LogP contribution in [0, 0.1) is 6.92 Å². The van der Waals surface area contributed by atoms with Crippen molar-refractivity contribution in [3.63, 3.8) is 0 Å². The second-order valence-corrected chi connectivity index (χ2v) is 5.97. The summed E-state index contributed by atoms with van der Waals surface area (Å²) in [5.41, 5.74) is 7.42. The fourth-order valence-corrected chi connectivity index (χ4v) is 2.68. The summed E-state index contributed by atoms with van der Waals surface area (Å²) in [6, 6.07) is 5.00. The van der Waals surface area contributed by atoms with Gasteiger partial charge in [-0.3, -0.25) is 4.79 Å². The van der Waals surface area contributed by atoms with Crippen molar-refractivity contribution in [1.82, 2.24) is 0 Å². The van der Waals surface area contributed by atoms with Gasteiger partial charge in [0, 0.05) is 24.3 Å². The normalized spacial score (nSPS) is 20.4. The molecule has 18 heavy (non-hydrogen) atoms. The third-order valence-electron chi connectivity index (χ3n) is 3.01. The second kappa shape index (κ2) is 4.24. The lowest BCUT2D eigenvalue weighted by molar-refractivity contribution is -0.117. The largest absolute Gasteiger partial charge is 0.399 e. The highest BCUT2D eigenvalue weighted by molar-refractivity contribution is 7.87. The van der Waals surface area contributed by atoms with Gasteiger partial charge in [0.25, 0.3) is 0 Å². The maximum atomic E-state index is 12.9. The van der Waals surface area contributed by atoms with Crippen LogP contribution < -0.4 is 10.6 Å². The Bertz CT molecular complexity index is 600. The van der Waals surface area contributed by atoms with Gasteiger partial charge >= 0.3 is 10.2 Å². The lowest BCUT2D eigenvalue weighted by atomic mass is 10.1. The first-order valence-electron chi connectivity index (χ1n) is 5.39. The number of nitrogens with two attached hydrogens (primary N) is 1. The van der Waals surface area contributed by atoms with E-state index >= 15 is 0 Å². The molecule has 2 N–H and O–H groups in total. The molecule has 0 aliphatic carbocycles. The molecule has 0 radical (unpaired) electrons. The highest BCUT2D eigenvalue weighted by Crippen LogP contribution is 2.29. The van der Waals surface area contributed by atoms with Crippen LogP contribution in [-0.2, 0) is 15.0 Å². The van der Waals surface area contributed by atoms with E-state index in [4.69, 9.17) is 5.73 Å². The molecule has 1 heterocycles. The number of benzene rings is 1. The molecule has 1 aromatic carbocycles. The molecule has 0 bridgehead atoms. The Morgan fingerprint density at radius 3 is 2.67 bits per heavy atom. The molecule has 1 atom stereocenters. The van der Waals surface area contributed by atoms with Crippen molar-refractivity contribution in [2.24, 2.45) is 0 Å². The SMILES string of the molecule is Cc1ccc(N)cc1N1CC(S(=O)(=O)F)CC1=O. The van der Waals surface area contributed by atoms with E-state index in [0.29, 0.717) is 11.4 Å².